The molecule has 0 aliphatic carbocycles. The van der Waals surface area contributed by atoms with E-state index in [2.05, 4.69) is 27.4 Å². The first-order chi connectivity index (χ1) is 16.1. The van der Waals surface area contributed by atoms with Crippen molar-refractivity contribution in [1.29, 1.82) is 0 Å². The van der Waals surface area contributed by atoms with E-state index in [9.17, 15) is 9.59 Å². The Morgan fingerprint density at radius 2 is 2.03 bits per heavy atom. The van der Waals surface area contributed by atoms with Gasteiger partial charge in [0.15, 0.2) is 22.5 Å². The molecule has 170 valence electrons. The molecule has 11 heteroatoms. The van der Waals surface area contributed by atoms with Gasteiger partial charge in [0, 0.05) is 18.3 Å². The van der Waals surface area contributed by atoms with Gasteiger partial charge in [-0.3, -0.25) is 14.7 Å². The summed E-state index contributed by atoms with van der Waals surface area (Å²) in [7, 11) is 1.58. The Kier molecular flexibility index (Phi) is 6.79. The average Bonchev–Trinajstić information content (AvgIpc) is 3.44. The molecule has 1 aliphatic rings. The van der Waals surface area contributed by atoms with Gasteiger partial charge in [-0.2, -0.15) is 0 Å². The summed E-state index contributed by atoms with van der Waals surface area (Å²) in [6, 6.07) is 11.8. The third-order valence-corrected chi connectivity index (χ3v) is 5.56. The van der Waals surface area contributed by atoms with Crippen LogP contribution in [0.3, 0.4) is 0 Å². The van der Waals surface area contributed by atoms with Crippen molar-refractivity contribution in [2.24, 2.45) is 0 Å². The molecule has 2 heterocycles. The van der Waals surface area contributed by atoms with Crippen molar-refractivity contribution in [3.63, 3.8) is 0 Å². The van der Waals surface area contributed by atoms with E-state index in [4.69, 9.17) is 14.2 Å². The number of hydrogen-bond donors (Lipinski definition) is 2. The summed E-state index contributed by atoms with van der Waals surface area (Å²) in [5, 5.41) is 13.9. The van der Waals surface area contributed by atoms with Crippen molar-refractivity contribution in [1.82, 2.24) is 20.1 Å². The zero-order chi connectivity index (χ0) is 23.2. The van der Waals surface area contributed by atoms with Gasteiger partial charge in [0.25, 0.3) is 0 Å². The molecule has 2 N–H and O–H groups in total. The fraction of sp³-hybridized carbons (Fsp3) is 0.182. The van der Waals surface area contributed by atoms with Crippen LogP contribution < -0.4 is 24.8 Å². The van der Waals surface area contributed by atoms with Gasteiger partial charge in [0.2, 0.25) is 12.7 Å². The van der Waals surface area contributed by atoms with Gasteiger partial charge >= 0.3 is 6.03 Å². The van der Waals surface area contributed by atoms with Gasteiger partial charge in [-0.25, -0.2) is 4.79 Å². The van der Waals surface area contributed by atoms with Gasteiger partial charge in [-0.15, -0.1) is 16.8 Å². The summed E-state index contributed by atoms with van der Waals surface area (Å²) in [6.07, 6.45) is 1.71. The first kappa shape index (κ1) is 22.2. The summed E-state index contributed by atoms with van der Waals surface area (Å²) in [4.78, 5) is 24.5. The van der Waals surface area contributed by atoms with Crippen LogP contribution in [-0.2, 0) is 11.3 Å². The van der Waals surface area contributed by atoms with Crippen LogP contribution in [0.1, 0.15) is 0 Å². The molecular formula is C22H21N5O5S. The van der Waals surface area contributed by atoms with Crippen LogP contribution in [0.2, 0.25) is 0 Å². The van der Waals surface area contributed by atoms with Crippen molar-refractivity contribution in [2.75, 3.05) is 25.0 Å². The van der Waals surface area contributed by atoms with Crippen LogP contribution in [0.15, 0.2) is 60.3 Å². The lowest BCUT2D eigenvalue weighted by Crippen LogP contribution is -2.35. The van der Waals surface area contributed by atoms with Crippen LogP contribution in [0.25, 0.3) is 11.4 Å². The maximum Gasteiger partial charge on any atom is 0.325 e. The van der Waals surface area contributed by atoms with Crippen molar-refractivity contribution >= 4 is 29.4 Å². The van der Waals surface area contributed by atoms with Gasteiger partial charge < -0.3 is 19.5 Å². The summed E-state index contributed by atoms with van der Waals surface area (Å²) in [5.41, 5.74) is 1.25. The molecule has 0 bridgehead atoms. The first-order valence-electron chi connectivity index (χ1n) is 9.90. The van der Waals surface area contributed by atoms with E-state index in [0.717, 1.165) is 17.3 Å². The number of aromatic nitrogens is 3. The van der Waals surface area contributed by atoms with Crippen LogP contribution in [0, 0.1) is 0 Å². The third kappa shape index (κ3) is 5.09. The molecule has 0 saturated carbocycles. The van der Waals surface area contributed by atoms with E-state index < -0.39 is 11.9 Å². The molecule has 1 aliphatic heterocycles. The molecule has 0 atom stereocenters. The maximum atomic E-state index is 12.3. The van der Waals surface area contributed by atoms with Crippen molar-refractivity contribution in [3.05, 3.63) is 55.1 Å². The fourth-order valence-electron chi connectivity index (χ4n) is 3.15. The molecular weight excluding hydrogens is 446 g/mol. The van der Waals surface area contributed by atoms with Gasteiger partial charge in [-0.05, 0) is 24.3 Å². The molecule has 0 unspecified atom stereocenters. The van der Waals surface area contributed by atoms with E-state index in [1.54, 1.807) is 31.4 Å². The monoisotopic (exact) mass is 467 g/mol. The van der Waals surface area contributed by atoms with E-state index >= 15 is 0 Å². The second-order valence-electron chi connectivity index (χ2n) is 6.76. The van der Waals surface area contributed by atoms with E-state index in [0.29, 0.717) is 40.5 Å². The van der Waals surface area contributed by atoms with Gasteiger partial charge in [0.05, 0.1) is 18.4 Å². The van der Waals surface area contributed by atoms with E-state index in [-0.39, 0.29) is 12.5 Å². The number of allylic oxidation sites excluding steroid dienone is 1. The highest BCUT2D eigenvalue weighted by atomic mass is 32.2. The molecule has 4 rings (SSSR count). The SMILES string of the molecule is C=CCn1c(SCC(=O)NC(=O)Nc2ccc3c(c2)OCO3)nnc1-c1ccccc1OC. The number of nitrogens with zero attached hydrogens (tertiary/aromatic N) is 3. The number of anilines is 1. The molecule has 0 radical (unpaired) electrons. The number of para-hydroxylation sites is 1. The summed E-state index contributed by atoms with van der Waals surface area (Å²) < 4.78 is 17.8. The van der Waals surface area contributed by atoms with Crippen molar-refractivity contribution < 1.29 is 23.8 Å². The Bertz CT molecular complexity index is 1200. The largest absolute Gasteiger partial charge is 0.496 e. The molecule has 1 aromatic heterocycles. The number of carbonyl (C=O) groups excluding carboxylic acids is 2. The molecule has 0 spiro atoms. The van der Waals surface area contributed by atoms with Gasteiger partial charge in [-0.1, -0.05) is 30.0 Å². The zero-order valence-corrected chi connectivity index (χ0v) is 18.6. The molecule has 10 nitrogen and oxygen atoms in total. The highest BCUT2D eigenvalue weighted by molar-refractivity contribution is 7.99. The number of fused-ring (bicyclic) bond motifs is 1. The number of rotatable bonds is 8. The minimum absolute atomic E-state index is 0.0320. The lowest BCUT2D eigenvalue weighted by Gasteiger charge is -2.10. The third-order valence-electron chi connectivity index (χ3n) is 4.59. The van der Waals surface area contributed by atoms with Crippen LogP contribution >= 0.6 is 11.8 Å². The minimum atomic E-state index is -0.651. The van der Waals surface area contributed by atoms with Crippen LogP contribution in [0.4, 0.5) is 10.5 Å². The number of thioether (sulfide) groups is 1. The van der Waals surface area contributed by atoms with Crippen molar-refractivity contribution in [3.8, 4) is 28.6 Å². The Morgan fingerprint density at radius 3 is 2.85 bits per heavy atom. The number of amides is 3. The highest BCUT2D eigenvalue weighted by Crippen LogP contribution is 2.34. The number of benzene rings is 2. The second-order valence-corrected chi connectivity index (χ2v) is 7.71. The smallest absolute Gasteiger partial charge is 0.325 e. The highest BCUT2D eigenvalue weighted by Gasteiger charge is 2.19. The van der Waals surface area contributed by atoms with E-state index in [1.165, 1.54) is 0 Å². The average molecular weight is 468 g/mol. The molecule has 3 aromatic rings. The van der Waals surface area contributed by atoms with Crippen LogP contribution in [0.5, 0.6) is 17.2 Å². The van der Waals surface area contributed by atoms with Gasteiger partial charge in [0.1, 0.15) is 5.75 Å². The van der Waals surface area contributed by atoms with Crippen molar-refractivity contribution in [2.45, 2.75) is 11.7 Å². The Hall–Kier alpha value is -3.99. The zero-order valence-electron chi connectivity index (χ0n) is 17.7. The standard InChI is InChI=1S/C22H21N5O5S/c1-3-10-27-20(15-6-4-5-7-16(15)30-2)25-26-22(27)33-12-19(28)24-21(29)23-14-8-9-17-18(11-14)32-13-31-17/h3-9,11H,1,10,12-13H2,2H3,(H2,23,24,28,29). The predicted octanol–water partition coefficient (Wildman–Crippen LogP) is 3.31. The molecule has 0 saturated heterocycles. The molecule has 0 fully saturated rings. The summed E-state index contributed by atoms with van der Waals surface area (Å²) >= 11 is 1.16. The Labute approximate surface area is 193 Å². The topological polar surface area (TPSA) is 117 Å². The Morgan fingerprint density at radius 1 is 1.21 bits per heavy atom. The molecule has 2 aromatic carbocycles. The number of ether oxygens (including phenoxy) is 3. The lowest BCUT2D eigenvalue weighted by molar-refractivity contribution is -0.117. The summed E-state index contributed by atoms with van der Waals surface area (Å²) in [5.74, 6) is 1.87. The lowest BCUT2D eigenvalue weighted by atomic mass is 10.2. The minimum Gasteiger partial charge on any atom is -0.496 e. The Balaban J connectivity index is 1.38. The summed E-state index contributed by atoms with van der Waals surface area (Å²) in [6.45, 7) is 4.36. The second kappa shape index (κ2) is 10.1. The first-order valence-corrected chi connectivity index (χ1v) is 10.9. The number of imide groups is 1. The normalized spacial score (nSPS) is 11.7. The quantitative estimate of drug-likeness (QED) is 0.383. The number of urea groups is 1. The maximum absolute atomic E-state index is 12.3. The number of hydrogen-bond acceptors (Lipinski definition) is 8. The predicted molar refractivity (Wildman–Crippen MR) is 123 cm³/mol. The molecule has 3 amide bonds. The number of nitrogens with one attached hydrogen (secondary N) is 2. The molecule has 33 heavy (non-hydrogen) atoms. The van der Waals surface area contributed by atoms with E-state index in [1.807, 2.05) is 28.8 Å². The number of methoxy groups -OCH3 is 1. The number of carbonyl (C=O) groups is 2. The fourth-order valence-corrected chi connectivity index (χ4v) is 3.89. The van der Waals surface area contributed by atoms with Crippen LogP contribution in [-0.4, -0.2) is 46.4 Å².